The first-order valence-corrected chi connectivity index (χ1v) is 5.75. The largest absolute Gasteiger partial charge is 0.489 e. The van der Waals surface area contributed by atoms with Gasteiger partial charge in [0, 0.05) is 12.7 Å². The summed E-state index contributed by atoms with van der Waals surface area (Å²) in [5, 5.41) is 11.3. The van der Waals surface area contributed by atoms with E-state index in [-0.39, 0.29) is 0 Å². The highest BCUT2D eigenvalue weighted by Crippen LogP contribution is 2.19. The van der Waals surface area contributed by atoms with Gasteiger partial charge in [0.1, 0.15) is 12.4 Å². The van der Waals surface area contributed by atoms with Crippen LogP contribution in [-0.2, 0) is 16.5 Å². The number of methoxy groups -OCH3 is 1. The highest BCUT2D eigenvalue weighted by atomic mass is 16.6. The van der Waals surface area contributed by atoms with E-state index in [0.717, 1.165) is 11.3 Å². The summed E-state index contributed by atoms with van der Waals surface area (Å²) in [5.41, 5.74) is 1.71. The van der Waals surface area contributed by atoms with E-state index in [1.54, 1.807) is 24.3 Å². The van der Waals surface area contributed by atoms with Gasteiger partial charge in [-0.2, -0.15) is 5.11 Å². The lowest BCUT2D eigenvalue weighted by Gasteiger charge is -2.09. The van der Waals surface area contributed by atoms with E-state index < -0.39 is 6.29 Å². The van der Waals surface area contributed by atoms with Crippen LogP contribution in [0.4, 0.5) is 0 Å². The van der Waals surface area contributed by atoms with Crippen LogP contribution in [0.1, 0.15) is 17.4 Å². The van der Waals surface area contributed by atoms with Gasteiger partial charge in [0.15, 0.2) is 0 Å². The fourth-order valence-electron chi connectivity index (χ4n) is 1.60. The van der Waals surface area contributed by atoms with Crippen molar-refractivity contribution in [3.63, 3.8) is 0 Å². The van der Waals surface area contributed by atoms with E-state index >= 15 is 0 Å². The van der Waals surface area contributed by atoms with E-state index in [2.05, 4.69) is 0 Å². The minimum absolute atomic E-state index is 0.519. The molecule has 1 radical (unpaired) electrons. The Kier molecular flexibility index (Phi) is 4.34. The SMILES string of the molecule is COC([O])c1ccc(OCc2ccccc2)cc1. The Labute approximate surface area is 107 Å². The van der Waals surface area contributed by atoms with Gasteiger partial charge in [0.05, 0.1) is 0 Å². The molecule has 0 N–H and O–H groups in total. The fraction of sp³-hybridized carbons (Fsp3) is 0.200. The van der Waals surface area contributed by atoms with Crippen molar-refractivity contribution in [2.45, 2.75) is 12.9 Å². The van der Waals surface area contributed by atoms with E-state index in [9.17, 15) is 5.11 Å². The Morgan fingerprint density at radius 3 is 2.28 bits per heavy atom. The highest BCUT2D eigenvalue weighted by molar-refractivity contribution is 5.28. The molecule has 0 aliphatic carbocycles. The molecule has 0 aliphatic rings. The lowest BCUT2D eigenvalue weighted by Crippen LogP contribution is -1.98. The highest BCUT2D eigenvalue weighted by Gasteiger charge is 2.06. The Hall–Kier alpha value is -1.84. The van der Waals surface area contributed by atoms with Gasteiger partial charge >= 0.3 is 0 Å². The van der Waals surface area contributed by atoms with Crippen LogP contribution in [0.5, 0.6) is 5.75 Å². The van der Waals surface area contributed by atoms with Crippen LogP contribution < -0.4 is 4.74 Å². The Morgan fingerprint density at radius 2 is 1.67 bits per heavy atom. The number of rotatable bonds is 5. The Balaban J connectivity index is 1.94. The molecule has 0 saturated carbocycles. The zero-order chi connectivity index (χ0) is 12.8. The van der Waals surface area contributed by atoms with Crippen LogP contribution in [0.15, 0.2) is 54.6 Å². The normalized spacial score (nSPS) is 12.1. The molecular formula is C15H15O3. The quantitative estimate of drug-likeness (QED) is 0.755. The first-order chi connectivity index (χ1) is 8.79. The average Bonchev–Trinajstić information content (AvgIpc) is 2.46. The van der Waals surface area contributed by atoms with Gasteiger partial charge in [-0.15, -0.1) is 0 Å². The zero-order valence-corrected chi connectivity index (χ0v) is 10.2. The molecule has 0 aliphatic heterocycles. The van der Waals surface area contributed by atoms with E-state index in [0.29, 0.717) is 12.2 Å². The van der Waals surface area contributed by atoms with Crippen LogP contribution >= 0.6 is 0 Å². The second kappa shape index (κ2) is 6.19. The topological polar surface area (TPSA) is 38.4 Å². The maximum absolute atomic E-state index is 11.3. The third-order valence-electron chi connectivity index (χ3n) is 2.61. The van der Waals surface area contributed by atoms with Crippen LogP contribution in [0.2, 0.25) is 0 Å². The summed E-state index contributed by atoms with van der Waals surface area (Å²) in [5.74, 6) is 0.742. The minimum Gasteiger partial charge on any atom is -0.489 e. The van der Waals surface area contributed by atoms with Gasteiger partial charge in [-0.05, 0) is 17.7 Å². The van der Waals surface area contributed by atoms with Crippen LogP contribution in [0.25, 0.3) is 0 Å². The van der Waals surface area contributed by atoms with Gasteiger partial charge < -0.3 is 9.47 Å². The van der Waals surface area contributed by atoms with Gasteiger partial charge in [-0.3, -0.25) is 0 Å². The zero-order valence-electron chi connectivity index (χ0n) is 10.2. The standard InChI is InChI=1S/C15H15O3/c1-17-15(16)13-7-9-14(10-8-13)18-11-12-5-3-2-4-6-12/h2-10,15H,11H2,1H3. The summed E-state index contributed by atoms with van der Waals surface area (Å²) in [7, 11) is 1.40. The summed E-state index contributed by atoms with van der Waals surface area (Å²) in [6.45, 7) is 0.519. The molecule has 2 aromatic carbocycles. The molecule has 0 fully saturated rings. The van der Waals surface area contributed by atoms with Crippen molar-refractivity contribution >= 4 is 0 Å². The molecule has 18 heavy (non-hydrogen) atoms. The Bertz CT molecular complexity index is 465. The molecule has 0 heterocycles. The predicted molar refractivity (Wildman–Crippen MR) is 67.7 cm³/mol. The molecule has 1 atom stereocenters. The third-order valence-corrected chi connectivity index (χ3v) is 2.61. The maximum atomic E-state index is 11.3. The molecule has 1 unspecified atom stereocenters. The lowest BCUT2D eigenvalue weighted by atomic mass is 10.2. The molecule has 0 spiro atoms. The molecular weight excluding hydrogens is 228 g/mol. The summed E-state index contributed by atoms with van der Waals surface area (Å²) >= 11 is 0. The molecule has 3 heteroatoms. The van der Waals surface area contributed by atoms with Crippen molar-refractivity contribution in [3.05, 3.63) is 65.7 Å². The molecule has 2 aromatic rings. The molecule has 3 nitrogen and oxygen atoms in total. The second-order valence-corrected chi connectivity index (χ2v) is 3.91. The van der Waals surface area contributed by atoms with Gasteiger partial charge in [-0.25, -0.2) is 0 Å². The van der Waals surface area contributed by atoms with E-state index in [1.165, 1.54) is 7.11 Å². The van der Waals surface area contributed by atoms with Gasteiger partial charge in [-0.1, -0.05) is 42.5 Å². The predicted octanol–water partition coefficient (Wildman–Crippen LogP) is 3.34. The molecule has 0 amide bonds. The lowest BCUT2D eigenvalue weighted by molar-refractivity contribution is -0.123. The average molecular weight is 243 g/mol. The molecule has 2 rings (SSSR count). The fourth-order valence-corrected chi connectivity index (χ4v) is 1.60. The first-order valence-electron chi connectivity index (χ1n) is 5.75. The number of hydrogen-bond donors (Lipinski definition) is 0. The number of benzene rings is 2. The maximum Gasteiger partial charge on any atom is 0.217 e. The smallest absolute Gasteiger partial charge is 0.217 e. The molecule has 0 saturated heterocycles. The third kappa shape index (κ3) is 3.32. The van der Waals surface area contributed by atoms with Crippen LogP contribution in [-0.4, -0.2) is 7.11 Å². The Morgan fingerprint density at radius 1 is 1.00 bits per heavy atom. The number of hydrogen-bond acceptors (Lipinski definition) is 2. The van der Waals surface area contributed by atoms with Crippen molar-refractivity contribution in [1.29, 1.82) is 0 Å². The molecule has 93 valence electrons. The van der Waals surface area contributed by atoms with Crippen molar-refractivity contribution in [3.8, 4) is 5.75 Å². The van der Waals surface area contributed by atoms with Crippen LogP contribution in [0, 0.1) is 0 Å². The minimum atomic E-state index is -1.13. The van der Waals surface area contributed by atoms with Crippen molar-refractivity contribution in [1.82, 2.24) is 0 Å². The summed E-state index contributed by atoms with van der Waals surface area (Å²) in [6, 6.07) is 16.9. The van der Waals surface area contributed by atoms with Gasteiger partial charge in [0.2, 0.25) is 6.29 Å². The summed E-state index contributed by atoms with van der Waals surface area (Å²) < 4.78 is 10.3. The van der Waals surface area contributed by atoms with Crippen molar-refractivity contribution in [2.24, 2.45) is 0 Å². The monoisotopic (exact) mass is 243 g/mol. The second-order valence-electron chi connectivity index (χ2n) is 3.91. The molecule has 0 aromatic heterocycles. The number of ether oxygens (including phenoxy) is 2. The van der Waals surface area contributed by atoms with E-state index in [1.807, 2.05) is 30.3 Å². The van der Waals surface area contributed by atoms with Crippen molar-refractivity contribution < 1.29 is 14.6 Å². The first kappa shape index (κ1) is 12.6. The van der Waals surface area contributed by atoms with Crippen LogP contribution in [0.3, 0.4) is 0 Å². The van der Waals surface area contributed by atoms with Crippen molar-refractivity contribution in [2.75, 3.05) is 7.11 Å². The van der Waals surface area contributed by atoms with E-state index in [4.69, 9.17) is 9.47 Å². The summed E-state index contributed by atoms with van der Waals surface area (Å²) in [4.78, 5) is 0. The van der Waals surface area contributed by atoms with Gasteiger partial charge in [0.25, 0.3) is 0 Å². The summed E-state index contributed by atoms with van der Waals surface area (Å²) in [6.07, 6.45) is -1.13. The molecule has 0 bridgehead atoms.